The maximum Gasteiger partial charge on any atom is 0.315 e. The van der Waals surface area contributed by atoms with Crippen molar-refractivity contribution in [3.05, 3.63) is 47.9 Å². The number of carbonyl (C=O) groups is 2. The van der Waals surface area contributed by atoms with E-state index in [2.05, 4.69) is 4.98 Å². The van der Waals surface area contributed by atoms with Gasteiger partial charge < -0.3 is 16.4 Å². The molecule has 8 nitrogen and oxygen atoms in total. The summed E-state index contributed by atoms with van der Waals surface area (Å²) in [4.78, 5) is 30.7. The first-order valence-electron chi connectivity index (χ1n) is 9.50. The third-order valence-electron chi connectivity index (χ3n) is 5.39. The van der Waals surface area contributed by atoms with E-state index in [1.165, 1.54) is 0 Å². The van der Waals surface area contributed by atoms with Crippen molar-refractivity contribution in [3.8, 4) is 11.3 Å². The standard InChI is InChI=1S/C21H24N6O2/c1-21(2,3)18-17-15(19(22)28)16(25-27(17)9-8-26(18)20(23)29)14-11-24-10-12-6-4-5-7-13(12)14/h4-7,10-11,18H,8-9H2,1-3H3,(H2,22,28)(H2,23,29). The van der Waals surface area contributed by atoms with E-state index >= 15 is 0 Å². The first-order valence-corrected chi connectivity index (χ1v) is 9.50. The SMILES string of the molecule is CC(C)(C)C1c2c(C(N)=O)c(-c3cncc4ccccc34)nn2CCN1C(N)=O. The van der Waals surface area contributed by atoms with Crippen molar-refractivity contribution in [2.75, 3.05) is 6.54 Å². The van der Waals surface area contributed by atoms with Gasteiger partial charge in [0.1, 0.15) is 5.69 Å². The zero-order valence-corrected chi connectivity index (χ0v) is 16.7. The number of rotatable bonds is 2. The van der Waals surface area contributed by atoms with Gasteiger partial charge in [-0.15, -0.1) is 0 Å². The summed E-state index contributed by atoms with van der Waals surface area (Å²) in [6.45, 7) is 6.85. The molecule has 3 heterocycles. The lowest BCUT2D eigenvalue weighted by Gasteiger charge is -2.42. The molecule has 29 heavy (non-hydrogen) atoms. The first-order chi connectivity index (χ1) is 13.7. The number of primary amides is 2. The maximum absolute atomic E-state index is 12.6. The Bertz CT molecular complexity index is 1120. The van der Waals surface area contributed by atoms with Crippen molar-refractivity contribution in [2.24, 2.45) is 16.9 Å². The fraction of sp³-hybridized carbons (Fsp3) is 0.333. The molecule has 1 aliphatic heterocycles. The second kappa shape index (κ2) is 6.58. The van der Waals surface area contributed by atoms with E-state index in [1.807, 2.05) is 45.0 Å². The number of hydrogen-bond acceptors (Lipinski definition) is 4. The van der Waals surface area contributed by atoms with Gasteiger partial charge in [-0.25, -0.2) is 4.79 Å². The summed E-state index contributed by atoms with van der Waals surface area (Å²) in [5, 5.41) is 6.62. The van der Waals surface area contributed by atoms with Crippen LogP contribution >= 0.6 is 0 Å². The molecule has 0 saturated heterocycles. The van der Waals surface area contributed by atoms with Crippen LogP contribution in [0, 0.1) is 5.41 Å². The first kappa shape index (κ1) is 18.9. The van der Waals surface area contributed by atoms with Crippen molar-refractivity contribution < 1.29 is 9.59 Å². The monoisotopic (exact) mass is 392 g/mol. The predicted molar refractivity (Wildman–Crippen MR) is 110 cm³/mol. The van der Waals surface area contributed by atoms with Crippen LogP contribution in [0.25, 0.3) is 22.0 Å². The summed E-state index contributed by atoms with van der Waals surface area (Å²) in [5.41, 5.74) is 13.3. The molecule has 3 aromatic rings. The van der Waals surface area contributed by atoms with Crippen LogP contribution in [0.15, 0.2) is 36.7 Å². The van der Waals surface area contributed by atoms with Crippen LogP contribution in [0.3, 0.4) is 0 Å². The molecule has 0 aliphatic carbocycles. The topological polar surface area (TPSA) is 120 Å². The van der Waals surface area contributed by atoms with Gasteiger partial charge in [0.15, 0.2) is 0 Å². The lowest BCUT2D eigenvalue weighted by atomic mass is 9.81. The van der Waals surface area contributed by atoms with Gasteiger partial charge in [-0.2, -0.15) is 5.10 Å². The van der Waals surface area contributed by atoms with Gasteiger partial charge in [0, 0.05) is 29.9 Å². The molecule has 1 unspecified atom stereocenters. The number of pyridine rings is 1. The average molecular weight is 392 g/mol. The molecule has 0 fully saturated rings. The Morgan fingerprint density at radius 2 is 1.83 bits per heavy atom. The Hall–Kier alpha value is -3.42. The summed E-state index contributed by atoms with van der Waals surface area (Å²) in [5.74, 6) is -0.588. The smallest absolute Gasteiger partial charge is 0.315 e. The van der Waals surface area contributed by atoms with E-state index in [-0.39, 0.29) is 5.41 Å². The summed E-state index contributed by atoms with van der Waals surface area (Å²) in [6.07, 6.45) is 3.46. The summed E-state index contributed by atoms with van der Waals surface area (Å²) in [6, 6.07) is 6.83. The highest BCUT2D eigenvalue weighted by Gasteiger charge is 2.43. The van der Waals surface area contributed by atoms with Crippen molar-refractivity contribution >= 4 is 22.7 Å². The van der Waals surface area contributed by atoms with Gasteiger partial charge in [-0.3, -0.25) is 14.5 Å². The van der Waals surface area contributed by atoms with Crippen LogP contribution in [-0.4, -0.2) is 38.1 Å². The third-order valence-corrected chi connectivity index (χ3v) is 5.39. The highest BCUT2D eigenvalue weighted by Crippen LogP contribution is 2.44. The molecular weight excluding hydrogens is 368 g/mol. The molecule has 150 valence electrons. The number of urea groups is 1. The fourth-order valence-corrected chi connectivity index (χ4v) is 4.25. The highest BCUT2D eigenvalue weighted by molar-refractivity contribution is 6.05. The quantitative estimate of drug-likeness (QED) is 0.696. The number of carbonyl (C=O) groups excluding carboxylic acids is 2. The van der Waals surface area contributed by atoms with Gasteiger partial charge in [-0.05, 0) is 10.8 Å². The molecule has 3 amide bonds. The number of fused-ring (bicyclic) bond motifs is 2. The molecule has 1 aliphatic rings. The van der Waals surface area contributed by atoms with Crippen LogP contribution < -0.4 is 11.5 Å². The fourth-order valence-electron chi connectivity index (χ4n) is 4.25. The number of hydrogen-bond donors (Lipinski definition) is 2. The normalized spacial score (nSPS) is 16.7. The van der Waals surface area contributed by atoms with E-state index in [4.69, 9.17) is 16.6 Å². The second-order valence-corrected chi connectivity index (χ2v) is 8.40. The third kappa shape index (κ3) is 3.00. The second-order valence-electron chi connectivity index (χ2n) is 8.40. The van der Waals surface area contributed by atoms with Crippen molar-refractivity contribution in [1.29, 1.82) is 0 Å². The number of nitrogens with two attached hydrogens (primary N) is 2. The molecule has 0 saturated carbocycles. The van der Waals surface area contributed by atoms with Crippen molar-refractivity contribution in [1.82, 2.24) is 19.7 Å². The minimum Gasteiger partial charge on any atom is -0.365 e. The van der Waals surface area contributed by atoms with Gasteiger partial charge in [0.25, 0.3) is 5.91 Å². The van der Waals surface area contributed by atoms with Gasteiger partial charge in [0.05, 0.1) is 23.8 Å². The van der Waals surface area contributed by atoms with Crippen molar-refractivity contribution in [3.63, 3.8) is 0 Å². The van der Waals surface area contributed by atoms with Crippen LogP contribution in [0.2, 0.25) is 0 Å². The molecule has 2 aromatic heterocycles. The molecule has 1 aromatic carbocycles. The number of amides is 3. The Balaban J connectivity index is 2.03. The molecular formula is C21H24N6O2. The summed E-state index contributed by atoms with van der Waals surface area (Å²) < 4.78 is 1.78. The van der Waals surface area contributed by atoms with E-state index in [0.29, 0.717) is 30.0 Å². The Morgan fingerprint density at radius 1 is 1.10 bits per heavy atom. The lowest BCUT2D eigenvalue weighted by molar-refractivity contribution is 0.0899. The predicted octanol–water partition coefficient (Wildman–Crippen LogP) is 2.68. The average Bonchev–Trinajstić information content (AvgIpc) is 3.05. The lowest BCUT2D eigenvalue weighted by Crippen LogP contribution is -2.49. The Kier molecular flexibility index (Phi) is 4.29. The number of benzene rings is 1. The molecule has 8 heteroatoms. The molecule has 0 spiro atoms. The van der Waals surface area contributed by atoms with Crippen molar-refractivity contribution in [2.45, 2.75) is 33.4 Å². The Morgan fingerprint density at radius 3 is 2.48 bits per heavy atom. The van der Waals surface area contributed by atoms with E-state index in [0.717, 1.165) is 16.3 Å². The molecule has 4 rings (SSSR count). The zero-order chi connectivity index (χ0) is 20.9. The van der Waals surface area contributed by atoms with E-state index < -0.39 is 18.0 Å². The summed E-state index contributed by atoms with van der Waals surface area (Å²) in [7, 11) is 0. The van der Waals surface area contributed by atoms with Crippen LogP contribution in [0.1, 0.15) is 42.9 Å². The molecule has 1 atom stereocenters. The minimum absolute atomic E-state index is 0.314. The van der Waals surface area contributed by atoms with Crippen LogP contribution in [0.4, 0.5) is 4.79 Å². The zero-order valence-electron chi connectivity index (χ0n) is 16.7. The summed E-state index contributed by atoms with van der Waals surface area (Å²) >= 11 is 0. The van der Waals surface area contributed by atoms with Crippen LogP contribution in [-0.2, 0) is 6.54 Å². The van der Waals surface area contributed by atoms with Gasteiger partial charge >= 0.3 is 6.03 Å². The van der Waals surface area contributed by atoms with E-state index in [1.54, 1.807) is 22.0 Å². The molecule has 4 N–H and O–H groups in total. The van der Waals surface area contributed by atoms with E-state index in [9.17, 15) is 9.59 Å². The number of aromatic nitrogens is 3. The number of nitrogens with zero attached hydrogens (tertiary/aromatic N) is 4. The maximum atomic E-state index is 12.6. The van der Waals surface area contributed by atoms with Crippen LogP contribution in [0.5, 0.6) is 0 Å². The van der Waals surface area contributed by atoms with Gasteiger partial charge in [-0.1, -0.05) is 45.0 Å². The molecule has 0 radical (unpaired) electrons. The Labute approximate surface area is 168 Å². The molecule has 0 bridgehead atoms. The minimum atomic E-state index is -0.588. The highest BCUT2D eigenvalue weighted by atomic mass is 16.2. The van der Waals surface area contributed by atoms with Gasteiger partial charge in [0.2, 0.25) is 0 Å². The largest absolute Gasteiger partial charge is 0.365 e.